The number of aryl methyl sites for hydroxylation is 1. The van der Waals surface area contributed by atoms with E-state index in [1.165, 1.54) is 10.8 Å². The van der Waals surface area contributed by atoms with Gasteiger partial charge in [-0.15, -0.1) is 0 Å². The van der Waals surface area contributed by atoms with Crippen molar-refractivity contribution >= 4 is 27.7 Å². The normalized spacial score (nSPS) is 10.5. The molecule has 0 bridgehead atoms. The van der Waals surface area contributed by atoms with Crippen LogP contribution in [0, 0.1) is 0 Å². The zero-order valence-corrected chi connectivity index (χ0v) is 10.9. The molecular weight excluding hydrogens is 280 g/mol. The Kier molecular flexibility index (Phi) is 5.17. The van der Waals surface area contributed by atoms with Gasteiger partial charge in [0.15, 0.2) is 0 Å². The van der Waals surface area contributed by atoms with Gasteiger partial charge in [0.2, 0.25) is 0 Å². The van der Waals surface area contributed by atoms with E-state index in [-0.39, 0.29) is 11.2 Å². The lowest BCUT2D eigenvalue weighted by Gasteiger charge is -2.04. The zero-order valence-electron chi connectivity index (χ0n) is 8.46. The van der Waals surface area contributed by atoms with Gasteiger partial charge in [-0.3, -0.25) is 14.3 Å². The van der Waals surface area contributed by atoms with E-state index in [9.17, 15) is 9.59 Å². The van der Waals surface area contributed by atoms with Crippen LogP contribution in [0.3, 0.4) is 0 Å². The largest absolute Gasteiger partial charge is 0.328 e. The Morgan fingerprint density at radius 1 is 1.53 bits per heavy atom. The third-order valence-corrected chi connectivity index (χ3v) is 3.41. The molecule has 1 heterocycles. The van der Waals surface area contributed by atoms with Gasteiger partial charge in [-0.05, 0) is 33.9 Å². The molecule has 0 saturated heterocycles. The maximum Gasteiger partial charge on any atom is 0.328 e. The van der Waals surface area contributed by atoms with E-state index in [0.717, 1.165) is 17.9 Å². The number of aromatic amines is 1. The van der Waals surface area contributed by atoms with Gasteiger partial charge in [0.25, 0.3) is 5.56 Å². The van der Waals surface area contributed by atoms with Gasteiger partial charge in [0, 0.05) is 12.7 Å². The van der Waals surface area contributed by atoms with E-state index >= 15 is 0 Å². The monoisotopic (exact) mass is 292 g/mol. The maximum atomic E-state index is 11.3. The number of halogens is 1. The van der Waals surface area contributed by atoms with Crippen LogP contribution in [-0.4, -0.2) is 21.1 Å². The highest BCUT2D eigenvalue weighted by Gasteiger charge is 2.00. The first-order valence-electron chi connectivity index (χ1n) is 4.72. The third kappa shape index (κ3) is 3.87. The lowest BCUT2D eigenvalue weighted by Crippen LogP contribution is -2.29. The minimum atomic E-state index is -0.376. The molecule has 15 heavy (non-hydrogen) atoms. The van der Waals surface area contributed by atoms with Gasteiger partial charge in [-0.1, -0.05) is 6.92 Å². The molecule has 1 rings (SSSR count). The molecule has 0 fully saturated rings. The van der Waals surface area contributed by atoms with Crippen LogP contribution in [0.15, 0.2) is 20.3 Å². The predicted octanol–water partition coefficient (Wildman–Crippen LogP) is 1.44. The van der Waals surface area contributed by atoms with Crippen LogP contribution < -0.4 is 11.2 Å². The van der Waals surface area contributed by atoms with Gasteiger partial charge < -0.3 is 0 Å². The molecule has 1 aromatic rings. The molecule has 4 nitrogen and oxygen atoms in total. The van der Waals surface area contributed by atoms with Crippen molar-refractivity contribution in [3.05, 3.63) is 31.5 Å². The fourth-order valence-corrected chi connectivity index (χ4v) is 2.10. The lowest BCUT2D eigenvalue weighted by atomic mass is 10.4. The molecule has 0 aromatic carbocycles. The molecule has 0 aliphatic carbocycles. The molecule has 0 unspecified atom stereocenters. The average molecular weight is 293 g/mol. The third-order valence-electron chi connectivity index (χ3n) is 1.86. The number of nitrogens with one attached hydrogen (secondary N) is 1. The first-order valence-corrected chi connectivity index (χ1v) is 6.67. The summed E-state index contributed by atoms with van der Waals surface area (Å²) in [7, 11) is 0. The second kappa shape index (κ2) is 6.17. The Balaban J connectivity index is 2.66. The number of aromatic nitrogens is 2. The van der Waals surface area contributed by atoms with Gasteiger partial charge in [-0.2, -0.15) is 11.8 Å². The number of thioether (sulfide) groups is 1. The molecule has 0 atom stereocenters. The van der Waals surface area contributed by atoms with E-state index in [1.807, 2.05) is 11.8 Å². The molecule has 0 spiro atoms. The highest BCUT2D eigenvalue weighted by atomic mass is 79.9. The van der Waals surface area contributed by atoms with Crippen LogP contribution >= 0.6 is 27.7 Å². The topological polar surface area (TPSA) is 54.9 Å². The van der Waals surface area contributed by atoms with E-state index < -0.39 is 0 Å². The maximum absolute atomic E-state index is 11.3. The first-order chi connectivity index (χ1) is 7.15. The van der Waals surface area contributed by atoms with Crippen LogP contribution in [-0.2, 0) is 6.54 Å². The Morgan fingerprint density at radius 3 is 2.93 bits per heavy atom. The summed E-state index contributed by atoms with van der Waals surface area (Å²) < 4.78 is 1.91. The summed E-state index contributed by atoms with van der Waals surface area (Å²) in [5.41, 5.74) is -0.719. The molecular formula is C9H13BrN2O2S. The molecule has 0 saturated carbocycles. The van der Waals surface area contributed by atoms with Gasteiger partial charge in [0.05, 0.1) is 4.47 Å². The van der Waals surface area contributed by atoms with Crippen molar-refractivity contribution in [2.75, 3.05) is 11.5 Å². The van der Waals surface area contributed by atoms with Crippen LogP contribution in [0.25, 0.3) is 0 Å². The average Bonchev–Trinajstić information content (AvgIpc) is 2.20. The Hall–Kier alpha value is -0.490. The predicted molar refractivity (Wildman–Crippen MR) is 66.6 cm³/mol. The zero-order chi connectivity index (χ0) is 11.3. The number of hydrogen-bond acceptors (Lipinski definition) is 3. The summed E-state index contributed by atoms with van der Waals surface area (Å²) in [4.78, 5) is 24.6. The van der Waals surface area contributed by atoms with Crippen LogP contribution in [0.1, 0.15) is 13.3 Å². The summed E-state index contributed by atoms with van der Waals surface area (Å²) >= 11 is 4.94. The van der Waals surface area contributed by atoms with Crippen molar-refractivity contribution in [2.24, 2.45) is 0 Å². The molecule has 6 heteroatoms. The van der Waals surface area contributed by atoms with E-state index in [0.29, 0.717) is 11.0 Å². The standard InChI is InChI=1S/C9H13BrN2O2S/c1-2-15-5-3-4-12-6-7(10)8(13)11-9(12)14/h6H,2-5H2,1H3,(H,11,13,14). The van der Waals surface area contributed by atoms with Gasteiger partial charge in [-0.25, -0.2) is 4.79 Å². The lowest BCUT2D eigenvalue weighted by molar-refractivity contribution is 0.633. The van der Waals surface area contributed by atoms with Crippen LogP contribution in [0.4, 0.5) is 0 Å². The highest BCUT2D eigenvalue weighted by Crippen LogP contribution is 2.03. The summed E-state index contributed by atoms with van der Waals surface area (Å²) in [5.74, 6) is 2.11. The molecule has 0 aliphatic rings. The molecule has 1 N–H and O–H groups in total. The summed E-state index contributed by atoms with van der Waals surface area (Å²) in [5, 5.41) is 0. The smallest absolute Gasteiger partial charge is 0.299 e. The Morgan fingerprint density at radius 2 is 2.27 bits per heavy atom. The van der Waals surface area contributed by atoms with Crippen molar-refractivity contribution in [3.8, 4) is 0 Å². The van der Waals surface area contributed by atoms with Crippen LogP contribution in [0.2, 0.25) is 0 Å². The number of hydrogen-bond donors (Lipinski definition) is 1. The first kappa shape index (κ1) is 12.6. The summed E-state index contributed by atoms with van der Waals surface area (Å²) in [6.45, 7) is 2.74. The fourth-order valence-electron chi connectivity index (χ4n) is 1.13. The molecule has 0 amide bonds. The van der Waals surface area contributed by atoms with E-state index in [1.54, 1.807) is 0 Å². The summed E-state index contributed by atoms with van der Waals surface area (Å²) in [6, 6.07) is 0. The minimum Gasteiger partial charge on any atom is -0.299 e. The van der Waals surface area contributed by atoms with Crippen molar-refractivity contribution in [2.45, 2.75) is 19.9 Å². The van der Waals surface area contributed by atoms with Crippen molar-refractivity contribution in [1.29, 1.82) is 0 Å². The van der Waals surface area contributed by atoms with Gasteiger partial charge >= 0.3 is 5.69 Å². The number of rotatable bonds is 5. The molecule has 0 radical (unpaired) electrons. The molecule has 0 aliphatic heterocycles. The van der Waals surface area contributed by atoms with Crippen LogP contribution in [0.5, 0.6) is 0 Å². The van der Waals surface area contributed by atoms with Crippen molar-refractivity contribution in [3.63, 3.8) is 0 Å². The van der Waals surface area contributed by atoms with Crippen molar-refractivity contribution < 1.29 is 0 Å². The minimum absolute atomic E-state index is 0.343. The summed E-state index contributed by atoms with van der Waals surface area (Å²) in [6.07, 6.45) is 2.47. The Bertz CT molecular complexity index is 427. The van der Waals surface area contributed by atoms with Gasteiger partial charge in [0.1, 0.15) is 0 Å². The Labute approximate surface area is 100 Å². The highest BCUT2D eigenvalue weighted by molar-refractivity contribution is 9.10. The number of nitrogens with zero attached hydrogens (tertiary/aromatic N) is 1. The second-order valence-electron chi connectivity index (χ2n) is 2.98. The molecule has 1 aromatic heterocycles. The van der Waals surface area contributed by atoms with E-state index in [2.05, 4.69) is 27.8 Å². The second-order valence-corrected chi connectivity index (χ2v) is 5.23. The number of H-pyrrole nitrogens is 1. The fraction of sp³-hybridized carbons (Fsp3) is 0.556. The van der Waals surface area contributed by atoms with Crippen molar-refractivity contribution in [1.82, 2.24) is 9.55 Å². The quantitative estimate of drug-likeness (QED) is 0.836. The SMILES string of the molecule is CCSCCCn1cc(Br)c(=O)[nH]c1=O. The van der Waals surface area contributed by atoms with E-state index in [4.69, 9.17) is 0 Å². The molecule has 84 valence electrons.